The molecule has 1 aromatic rings. The predicted octanol–water partition coefficient (Wildman–Crippen LogP) is 1.71. The Bertz CT molecular complexity index is 325. The van der Waals surface area contributed by atoms with Gasteiger partial charge >= 0.3 is 0 Å². The highest BCUT2D eigenvalue weighted by Gasteiger charge is 2.23. The number of anilines is 1. The van der Waals surface area contributed by atoms with E-state index < -0.39 is 0 Å². The van der Waals surface area contributed by atoms with Crippen molar-refractivity contribution in [3.63, 3.8) is 0 Å². The van der Waals surface area contributed by atoms with Gasteiger partial charge in [0.25, 0.3) is 0 Å². The minimum atomic E-state index is 0.500. The zero-order chi connectivity index (χ0) is 11.4. The first-order valence-corrected chi connectivity index (χ1v) is 6.08. The topological polar surface area (TPSA) is 41.0 Å². The van der Waals surface area contributed by atoms with Crippen LogP contribution in [0.25, 0.3) is 0 Å². The van der Waals surface area contributed by atoms with Crippen molar-refractivity contribution in [1.82, 2.24) is 15.3 Å². The summed E-state index contributed by atoms with van der Waals surface area (Å²) in [5.74, 6) is 0.796. The molecular formula is C11H17ClN4. The van der Waals surface area contributed by atoms with Crippen molar-refractivity contribution < 1.29 is 0 Å². The first-order chi connectivity index (χ1) is 7.81. The molecule has 0 saturated carbocycles. The van der Waals surface area contributed by atoms with E-state index in [0.717, 1.165) is 19.0 Å². The average molecular weight is 241 g/mol. The number of halogens is 1. The van der Waals surface area contributed by atoms with Crippen molar-refractivity contribution in [2.75, 3.05) is 25.0 Å². The lowest BCUT2D eigenvalue weighted by molar-refractivity contribution is 0.440. The first-order valence-electron chi connectivity index (χ1n) is 5.70. The van der Waals surface area contributed by atoms with E-state index in [9.17, 15) is 0 Å². The van der Waals surface area contributed by atoms with Crippen LogP contribution in [0.1, 0.15) is 19.3 Å². The molecule has 0 aromatic carbocycles. The van der Waals surface area contributed by atoms with E-state index in [4.69, 9.17) is 11.6 Å². The van der Waals surface area contributed by atoms with Crippen LogP contribution in [-0.2, 0) is 0 Å². The summed E-state index contributed by atoms with van der Waals surface area (Å²) in [6, 6.07) is 0.500. The highest BCUT2D eigenvalue weighted by atomic mass is 35.5. The van der Waals surface area contributed by atoms with Crippen LogP contribution in [0.4, 0.5) is 5.95 Å². The Morgan fingerprint density at radius 2 is 2.19 bits per heavy atom. The summed E-state index contributed by atoms with van der Waals surface area (Å²) in [7, 11) is 1.98. The van der Waals surface area contributed by atoms with Gasteiger partial charge in [0.2, 0.25) is 5.95 Å². The molecule has 2 rings (SSSR count). The lowest BCUT2D eigenvalue weighted by Crippen LogP contribution is -2.45. The van der Waals surface area contributed by atoms with Crippen LogP contribution >= 0.6 is 11.6 Å². The summed E-state index contributed by atoms with van der Waals surface area (Å²) in [5, 5.41) is 3.81. The summed E-state index contributed by atoms with van der Waals surface area (Å²) in [6.07, 6.45) is 7.03. The third-order valence-electron chi connectivity index (χ3n) is 2.93. The third kappa shape index (κ3) is 2.62. The predicted molar refractivity (Wildman–Crippen MR) is 66.0 cm³/mol. The maximum Gasteiger partial charge on any atom is 0.225 e. The van der Waals surface area contributed by atoms with Gasteiger partial charge in [-0.1, -0.05) is 11.6 Å². The van der Waals surface area contributed by atoms with Gasteiger partial charge < -0.3 is 10.2 Å². The fourth-order valence-electron chi connectivity index (χ4n) is 2.17. The van der Waals surface area contributed by atoms with Crippen molar-refractivity contribution in [1.29, 1.82) is 0 Å². The first kappa shape index (κ1) is 11.6. The minimum Gasteiger partial charge on any atom is -0.337 e. The second-order valence-corrected chi connectivity index (χ2v) is 4.54. The highest BCUT2D eigenvalue weighted by molar-refractivity contribution is 6.30. The summed E-state index contributed by atoms with van der Waals surface area (Å²) in [5.41, 5.74) is 0. The van der Waals surface area contributed by atoms with E-state index in [1.165, 1.54) is 19.3 Å². The molecule has 4 nitrogen and oxygen atoms in total. The molecule has 1 unspecified atom stereocenters. The number of piperidine rings is 1. The standard InChI is InChI=1S/C11H17ClN4/c1-13-8-10-4-2-3-5-16(10)11-14-6-9(12)7-15-11/h6-7,10,13H,2-5,8H2,1H3. The second-order valence-electron chi connectivity index (χ2n) is 4.10. The molecule has 88 valence electrons. The SMILES string of the molecule is CNCC1CCCCN1c1ncc(Cl)cn1. The zero-order valence-electron chi connectivity index (χ0n) is 9.49. The van der Waals surface area contributed by atoms with Gasteiger partial charge in [0.1, 0.15) is 0 Å². The Morgan fingerprint density at radius 3 is 2.88 bits per heavy atom. The van der Waals surface area contributed by atoms with Crippen LogP contribution in [0.2, 0.25) is 5.02 Å². The van der Waals surface area contributed by atoms with Gasteiger partial charge in [0, 0.05) is 19.1 Å². The molecule has 1 aromatic heterocycles. The number of likely N-dealkylation sites (N-methyl/N-ethyl adjacent to an activating group) is 1. The Balaban J connectivity index is 2.13. The Hall–Kier alpha value is -0.870. The Morgan fingerprint density at radius 1 is 1.44 bits per heavy atom. The molecule has 1 aliphatic heterocycles. The third-order valence-corrected chi connectivity index (χ3v) is 3.13. The van der Waals surface area contributed by atoms with Gasteiger partial charge in [0.15, 0.2) is 0 Å². The quantitative estimate of drug-likeness (QED) is 0.874. The second kappa shape index (κ2) is 5.46. The minimum absolute atomic E-state index is 0.500. The number of hydrogen-bond donors (Lipinski definition) is 1. The van der Waals surface area contributed by atoms with E-state index in [1.54, 1.807) is 12.4 Å². The van der Waals surface area contributed by atoms with Crippen molar-refractivity contribution in [3.05, 3.63) is 17.4 Å². The number of hydrogen-bond acceptors (Lipinski definition) is 4. The van der Waals surface area contributed by atoms with Crippen LogP contribution in [0.15, 0.2) is 12.4 Å². The van der Waals surface area contributed by atoms with E-state index in [0.29, 0.717) is 11.1 Å². The molecule has 16 heavy (non-hydrogen) atoms. The molecule has 1 atom stereocenters. The molecule has 0 bridgehead atoms. The Labute approximate surface area is 101 Å². The van der Waals surface area contributed by atoms with E-state index in [1.807, 2.05) is 7.05 Å². The van der Waals surface area contributed by atoms with Gasteiger partial charge in [-0.3, -0.25) is 0 Å². The monoisotopic (exact) mass is 240 g/mol. The smallest absolute Gasteiger partial charge is 0.225 e. The summed E-state index contributed by atoms with van der Waals surface area (Å²) in [4.78, 5) is 10.9. The van der Waals surface area contributed by atoms with E-state index in [2.05, 4.69) is 20.2 Å². The highest BCUT2D eigenvalue weighted by Crippen LogP contribution is 2.21. The van der Waals surface area contributed by atoms with Crippen LogP contribution in [0.5, 0.6) is 0 Å². The molecule has 5 heteroatoms. The zero-order valence-corrected chi connectivity index (χ0v) is 10.2. The lowest BCUT2D eigenvalue weighted by Gasteiger charge is -2.35. The molecule has 0 amide bonds. The van der Waals surface area contributed by atoms with Crippen molar-refractivity contribution in [2.24, 2.45) is 0 Å². The fraction of sp³-hybridized carbons (Fsp3) is 0.636. The maximum absolute atomic E-state index is 5.79. The molecule has 1 aliphatic rings. The largest absolute Gasteiger partial charge is 0.337 e. The molecule has 2 heterocycles. The fourth-order valence-corrected chi connectivity index (χ4v) is 2.26. The molecule has 1 fully saturated rings. The molecule has 0 spiro atoms. The number of nitrogens with one attached hydrogen (secondary N) is 1. The van der Waals surface area contributed by atoms with Crippen LogP contribution < -0.4 is 10.2 Å². The van der Waals surface area contributed by atoms with E-state index >= 15 is 0 Å². The summed E-state index contributed by atoms with van der Waals surface area (Å²) in [6.45, 7) is 2.01. The van der Waals surface area contributed by atoms with Crippen molar-refractivity contribution >= 4 is 17.5 Å². The van der Waals surface area contributed by atoms with Gasteiger partial charge in [-0.05, 0) is 26.3 Å². The molecule has 0 radical (unpaired) electrons. The Kier molecular flexibility index (Phi) is 3.96. The molecule has 1 N–H and O–H groups in total. The molecule has 0 aliphatic carbocycles. The van der Waals surface area contributed by atoms with Crippen LogP contribution in [-0.4, -0.2) is 36.1 Å². The van der Waals surface area contributed by atoms with Crippen LogP contribution in [0.3, 0.4) is 0 Å². The van der Waals surface area contributed by atoms with E-state index in [-0.39, 0.29) is 0 Å². The summed E-state index contributed by atoms with van der Waals surface area (Å²) < 4.78 is 0. The lowest BCUT2D eigenvalue weighted by atomic mass is 10.0. The molecule has 1 saturated heterocycles. The maximum atomic E-state index is 5.79. The van der Waals surface area contributed by atoms with Gasteiger partial charge in [0.05, 0.1) is 17.4 Å². The number of rotatable bonds is 3. The normalized spacial score (nSPS) is 21.1. The van der Waals surface area contributed by atoms with Crippen LogP contribution in [0, 0.1) is 0 Å². The van der Waals surface area contributed by atoms with Gasteiger partial charge in [-0.25, -0.2) is 9.97 Å². The van der Waals surface area contributed by atoms with Gasteiger partial charge in [-0.15, -0.1) is 0 Å². The number of aromatic nitrogens is 2. The summed E-state index contributed by atoms with van der Waals surface area (Å²) >= 11 is 5.79. The molecular weight excluding hydrogens is 224 g/mol. The van der Waals surface area contributed by atoms with Crippen molar-refractivity contribution in [3.8, 4) is 0 Å². The van der Waals surface area contributed by atoms with Gasteiger partial charge in [-0.2, -0.15) is 0 Å². The average Bonchev–Trinajstić information content (AvgIpc) is 2.32. The van der Waals surface area contributed by atoms with Crippen molar-refractivity contribution in [2.45, 2.75) is 25.3 Å². The number of nitrogens with zero attached hydrogens (tertiary/aromatic N) is 3.